The molecule has 0 bridgehead atoms. The van der Waals surface area contributed by atoms with Gasteiger partial charge >= 0.3 is 5.97 Å². The summed E-state index contributed by atoms with van der Waals surface area (Å²) in [4.78, 5) is 27.2. The molecule has 3 saturated carbocycles. The molecule has 0 aromatic carbocycles. The van der Waals surface area contributed by atoms with Gasteiger partial charge in [0.1, 0.15) is 11.9 Å². The summed E-state index contributed by atoms with van der Waals surface area (Å²) in [6, 6.07) is 0. The van der Waals surface area contributed by atoms with E-state index in [1.54, 1.807) is 5.57 Å². The average molecular weight is 478 g/mol. The number of ether oxygens (including phenoxy) is 1. The van der Waals surface area contributed by atoms with E-state index in [0.29, 0.717) is 18.1 Å². The summed E-state index contributed by atoms with van der Waals surface area (Å²) in [5.74, 6) is 2.85. The quantitative estimate of drug-likeness (QED) is 0.361. The second kappa shape index (κ2) is 9.64. The molecule has 186 valence electrons. The molecule has 0 amide bonds. The number of Topliss-reactive ketones (excluding diaryl/α,β-unsaturated/α-hetero) is 1. The maximum absolute atomic E-state index is 12.5. The lowest BCUT2D eigenvalue weighted by Gasteiger charge is -2.58. The van der Waals surface area contributed by atoms with E-state index in [2.05, 4.69) is 24.8 Å². The van der Waals surface area contributed by atoms with Gasteiger partial charge in [-0.2, -0.15) is 0 Å². The summed E-state index contributed by atoms with van der Waals surface area (Å²) in [6.07, 6.45) is 14.7. The molecule has 5 heteroatoms. The first-order valence-electron chi connectivity index (χ1n) is 13.4. The highest BCUT2D eigenvalue weighted by Crippen LogP contribution is 2.66. The molecule has 5 rings (SSSR count). The summed E-state index contributed by atoms with van der Waals surface area (Å²) in [5, 5.41) is 0. The van der Waals surface area contributed by atoms with Crippen molar-refractivity contribution < 1.29 is 14.3 Å². The van der Waals surface area contributed by atoms with Crippen molar-refractivity contribution in [3.63, 3.8) is 0 Å². The minimum absolute atomic E-state index is 0. The molecule has 5 aliphatic rings. The van der Waals surface area contributed by atoms with E-state index in [-0.39, 0.29) is 41.2 Å². The summed E-state index contributed by atoms with van der Waals surface area (Å²) in [5.41, 5.74) is 2.04. The molecule has 4 aliphatic carbocycles. The number of likely N-dealkylation sites (tertiary alicyclic amines) is 1. The normalized spacial score (nSPS) is 42.4. The highest BCUT2D eigenvalue weighted by atomic mass is 35.5. The molecule has 33 heavy (non-hydrogen) atoms. The van der Waals surface area contributed by atoms with Crippen LogP contribution in [-0.2, 0) is 14.3 Å². The van der Waals surface area contributed by atoms with Crippen molar-refractivity contribution in [2.75, 3.05) is 19.6 Å². The lowest BCUT2D eigenvalue weighted by Crippen LogP contribution is -2.51. The van der Waals surface area contributed by atoms with Crippen molar-refractivity contribution in [2.24, 2.45) is 34.5 Å². The van der Waals surface area contributed by atoms with E-state index in [1.807, 2.05) is 6.92 Å². The number of hydrogen-bond donors (Lipinski definition) is 0. The number of esters is 1. The molecule has 0 radical (unpaired) electrons. The molecule has 0 N–H and O–H groups in total. The fourth-order valence-electron chi connectivity index (χ4n) is 8.90. The molecule has 1 unspecified atom stereocenters. The van der Waals surface area contributed by atoms with Crippen LogP contribution >= 0.6 is 12.4 Å². The van der Waals surface area contributed by atoms with Crippen LogP contribution in [0.1, 0.15) is 91.4 Å². The zero-order valence-electron chi connectivity index (χ0n) is 20.9. The van der Waals surface area contributed by atoms with Crippen LogP contribution in [0.4, 0.5) is 0 Å². The zero-order valence-corrected chi connectivity index (χ0v) is 21.8. The highest BCUT2D eigenvalue weighted by molar-refractivity contribution is 5.85. The van der Waals surface area contributed by atoms with E-state index in [1.165, 1.54) is 32.1 Å². The lowest BCUT2D eigenvalue weighted by molar-refractivity contribution is -0.152. The number of carbonyl (C=O) groups is 2. The van der Waals surface area contributed by atoms with E-state index in [4.69, 9.17) is 4.74 Å². The molecule has 4 fully saturated rings. The summed E-state index contributed by atoms with van der Waals surface area (Å²) in [7, 11) is 0. The second-order valence-corrected chi connectivity index (χ2v) is 12.2. The van der Waals surface area contributed by atoms with Crippen molar-refractivity contribution >= 4 is 24.2 Å². The highest BCUT2D eigenvalue weighted by Gasteiger charge is 2.59. The van der Waals surface area contributed by atoms with Gasteiger partial charge in [0.05, 0.1) is 6.42 Å². The topological polar surface area (TPSA) is 46.6 Å². The minimum Gasteiger partial charge on any atom is -0.462 e. The molecular formula is C28H44ClNO3. The molecule has 1 heterocycles. The molecular weight excluding hydrogens is 434 g/mol. The summed E-state index contributed by atoms with van der Waals surface area (Å²) < 4.78 is 5.96. The molecule has 4 nitrogen and oxygen atoms in total. The molecule has 0 aromatic heterocycles. The first-order valence-corrected chi connectivity index (χ1v) is 13.4. The van der Waals surface area contributed by atoms with Crippen LogP contribution in [0.25, 0.3) is 0 Å². The summed E-state index contributed by atoms with van der Waals surface area (Å²) in [6.45, 7) is 9.87. The number of carbonyl (C=O) groups excluding carboxylic acids is 2. The first-order chi connectivity index (χ1) is 15.3. The Morgan fingerprint density at radius 2 is 1.82 bits per heavy atom. The van der Waals surface area contributed by atoms with Gasteiger partial charge in [-0.25, -0.2) is 0 Å². The molecule has 7 atom stereocenters. The van der Waals surface area contributed by atoms with Crippen molar-refractivity contribution in [3.05, 3.63) is 11.6 Å². The molecule has 0 spiro atoms. The number of ketones is 1. The van der Waals surface area contributed by atoms with Gasteiger partial charge in [-0.3, -0.25) is 9.59 Å². The number of allylic oxidation sites excluding steroid dienone is 1. The van der Waals surface area contributed by atoms with Gasteiger partial charge < -0.3 is 9.64 Å². The van der Waals surface area contributed by atoms with Gasteiger partial charge in [-0.1, -0.05) is 25.5 Å². The van der Waals surface area contributed by atoms with E-state index in [0.717, 1.165) is 63.6 Å². The smallest absolute Gasteiger partial charge is 0.307 e. The van der Waals surface area contributed by atoms with Crippen LogP contribution in [0.5, 0.6) is 0 Å². The predicted octanol–water partition coefficient (Wildman–Crippen LogP) is 5.97. The third-order valence-corrected chi connectivity index (χ3v) is 10.7. The molecule has 0 aromatic rings. The van der Waals surface area contributed by atoms with E-state index in [9.17, 15) is 9.59 Å². The standard InChI is InChI=1S/C28H43NO3.ClH/c1-19(30)23-8-9-24-22-7-6-20-18-21(32-26(31)12-17-29-15-4-5-16-29)10-13-27(20,2)25(22)11-14-28(23,24)3;/h6,21-25H,4-5,7-18H2,1-3H3;1H/t21?,22-,23+,24-,25-,27-,28+;/m0./s1. The zero-order chi connectivity index (χ0) is 22.5. The Hall–Kier alpha value is -0.870. The van der Waals surface area contributed by atoms with Crippen molar-refractivity contribution in [1.29, 1.82) is 0 Å². The van der Waals surface area contributed by atoms with E-state index >= 15 is 0 Å². The van der Waals surface area contributed by atoms with Crippen LogP contribution in [-0.4, -0.2) is 42.4 Å². The lowest BCUT2D eigenvalue weighted by atomic mass is 9.47. The van der Waals surface area contributed by atoms with Crippen molar-refractivity contribution in [3.8, 4) is 0 Å². The van der Waals surface area contributed by atoms with Crippen molar-refractivity contribution in [2.45, 2.75) is 97.5 Å². The first kappa shape index (κ1) is 25.2. The maximum Gasteiger partial charge on any atom is 0.307 e. The Morgan fingerprint density at radius 1 is 1.06 bits per heavy atom. The third kappa shape index (κ3) is 4.44. The monoisotopic (exact) mass is 477 g/mol. The van der Waals surface area contributed by atoms with Crippen LogP contribution in [0.3, 0.4) is 0 Å². The number of hydrogen-bond acceptors (Lipinski definition) is 4. The third-order valence-electron chi connectivity index (χ3n) is 10.7. The average Bonchev–Trinajstić information content (AvgIpc) is 3.39. The largest absolute Gasteiger partial charge is 0.462 e. The van der Waals surface area contributed by atoms with Crippen LogP contribution in [0.15, 0.2) is 11.6 Å². The number of halogens is 1. The van der Waals surface area contributed by atoms with Crippen LogP contribution in [0, 0.1) is 34.5 Å². The Labute approximate surface area is 206 Å². The van der Waals surface area contributed by atoms with Gasteiger partial charge in [0.25, 0.3) is 0 Å². The minimum atomic E-state index is -0.00514. The van der Waals surface area contributed by atoms with Gasteiger partial charge in [0.2, 0.25) is 0 Å². The second-order valence-electron chi connectivity index (χ2n) is 12.2. The Bertz CT molecular complexity index is 790. The number of fused-ring (bicyclic) bond motifs is 5. The van der Waals surface area contributed by atoms with Gasteiger partial charge in [-0.15, -0.1) is 12.4 Å². The van der Waals surface area contributed by atoms with E-state index < -0.39 is 0 Å². The van der Waals surface area contributed by atoms with Crippen molar-refractivity contribution in [1.82, 2.24) is 4.90 Å². The van der Waals surface area contributed by atoms with Gasteiger partial charge in [0.15, 0.2) is 0 Å². The molecule has 1 saturated heterocycles. The van der Waals surface area contributed by atoms with Gasteiger partial charge in [-0.05, 0) is 106 Å². The predicted molar refractivity (Wildman–Crippen MR) is 133 cm³/mol. The Balaban J connectivity index is 0.00000259. The van der Waals surface area contributed by atoms with Crippen LogP contribution < -0.4 is 0 Å². The number of rotatable bonds is 5. The molecule has 1 aliphatic heterocycles. The fraction of sp³-hybridized carbons (Fsp3) is 0.857. The maximum atomic E-state index is 12.5. The van der Waals surface area contributed by atoms with Gasteiger partial charge in [0, 0.05) is 18.9 Å². The number of nitrogens with zero attached hydrogens (tertiary/aromatic N) is 1. The Kier molecular flexibility index (Phi) is 7.37. The Morgan fingerprint density at radius 3 is 2.55 bits per heavy atom. The summed E-state index contributed by atoms with van der Waals surface area (Å²) >= 11 is 0. The SMILES string of the molecule is CC(=O)[C@H]1CC[C@H]2[C@@H]3CC=C4CC(OC(=O)CCN5CCCC5)CC[C@]4(C)[C@H]3CC[C@]12C.Cl. The van der Waals surface area contributed by atoms with Crippen LogP contribution in [0.2, 0.25) is 0 Å². The fourth-order valence-corrected chi connectivity index (χ4v) is 8.90.